The SMILES string of the molecule is N/C(=N\O)c1ccc(/C=C/c2cnc(N)c3ncccc23)cc1. The van der Waals surface area contributed by atoms with Gasteiger partial charge in [-0.2, -0.15) is 0 Å². The van der Waals surface area contributed by atoms with Crippen LogP contribution in [0.3, 0.4) is 0 Å². The summed E-state index contributed by atoms with van der Waals surface area (Å²) in [7, 11) is 0. The number of benzene rings is 1. The lowest BCUT2D eigenvalue weighted by molar-refractivity contribution is 0.318. The maximum Gasteiger partial charge on any atom is 0.170 e. The molecule has 0 fully saturated rings. The van der Waals surface area contributed by atoms with Crippen molar-refractivity contribution in [3.63, 3.8) is 0 Å². The zero-order valence-electron chi connectivity index (χ0n) is 12.2. The minimum Gasteiger partial charge on any atom is -0.409 e. The molecule has 1 aromatic carbocycles. The van der Waals surface area contributed by atoms with Gasteiger partial charge in [0.2, 0.25) is 0 Å². The monoisotopic (exact) mass is 305 g/mol. The third-order valence-electron chi connectivity index (χ3n) is 3.47. The van der Waals surface area contributed by atoms with Gasteiger partial charge in [0.1, 0.15) is 11.3 Å². The van der Waals surface area contributed by atoms with Crippen LogP contribution in [0.1, 0.15) is 16.7 Å². The molecule has 2 heterocycles. The van der Waals surface area contributed by atoms with Crippen LogP contribution in [0.2, 0.25) is 0 Å². The number of hydrogen-bond donors (Lipinski definition) is 3. The Balaban J connectivity index is 1.93. The highest BCUT2D eigenvalue weighted by Gasteiger charge is 2.03. The second-order valence-electron chi connectivity index (χ2n) is 4.94. The lowest BCUT2D eigenvalue weighted by Crippen LogP contribution is -2.12. The Morgan fingerprint density at radius 3 is 2.61 bits per heavy atom. The molecule has 0 saturated heterocycles. The molecule has 114 valence electrons. The predicted octanol–water partition coefficient (Wildman–Crippen LogP) is 2.48. The Morgan fingerprint density at radius 1 is 1.09 bits per heavy atom. The van der Waals surface area contributed by atoms with Crippen LogP contribution < -0.4 is 11.5 Å². The standard InChI is InChI=1S/C17H15N5O/c18-16(22-23)12-6-3-11(4-7-12)5-8-13-10-21-17(19)15-14(13)2-1-9-20-15/h1-10,23H,(H2,18,22)(H2,19,21)/b8-5+. The maximum atomic E-state index is 8.66. The smallest absolute Gasteiger partial charge is 0.170 e. The molecule has 3 rings (SSSR count). The van der Waals surface area contributed by atoms with E-state index in [1.807, 2.05) is 36.4 Å². The largest absolute Gasteiger partial charge is 0.409 e. The van der Waals surface area contributed by atoms with E-state index in [9.17, 15) is 0 Å². The van der Waals surface area contributed by atoms with Gasteiger partial charge >= 0.3 is 0 Å². The molecule has 3 aromatic rings. The molecule has 0 saturated carbocycles. The third-order valence-corrected chi connectivity index (χ3v) is 3.47. The predicted molar refractivity (Wildman–Crippen MR) is 91.8 cm³/mol. The van der Waals surface area contributed by atoms with Gasteiger partial charge in [-0.05, 0) is 11.6 Å². The summed E-state index contributed by atoms with van der Waals surface area (Å²) in [5.41, 5.74) is 14.7. The van der Waals surface area contributed by atoms with E-state index < -0.39 is 0 Å². The Morgan fingerprint density at radius 2 is 1.87 bits per heavy atom. The Bertz CT molecular complexity index is 901. The number of rotatable bonds is 3. The van der Waals surface area contributed by atoms with Crippen molar-refractivity contribution in [1.82, 2.24) is 9.97 Å². The van der Waals surface area contributed by atoms with Gasteiger partial charge in [0.05, 0.1) is 0 Å². The van der Waals surface area contributed by atoms with E-state index in [-0.39, 0.29) is 5.84 Å². The molecular weight excluding hydrogens is 290 g/mol. The van der Waals surface area contributed by atoms with E-state index in [0.717, 1.165) is 16.5 Å². The fraction of sp³-hybridized carbons (Fsp3) is 0. The first-order valence-corrected chi connectivity index (χ1v) is 6.94. The zero-order valence-corrected chi connectivity index (χ0v) is 12.2. The number of hydrogen-bond acceptors (Lipinski definition) is 5. The normalized spacial score (nSPS) is 12.1. The molecule has 0 bridgehead atoms. The van der Waals surface area contributed by atoms with Crippen molar-refractivity contribution in [2.24, 2.45) is 10.9 Å². The van der Waals surface area contributed by atoms with Crippen molar-refractivity contribution in [3.05, 3.63) is 65.5 Å². The number of amidine groups is 1. The van der Waals surface area contributed by atoms with Crippen LogP contribution in [0.4, 0.5) is 5.82 Å². The van der Waals surface area contributed by atoms with E-state index in [0.29, 0.717) is 16.9 Å². The quantitative estimate of drug-likeness (QED) is 0.298. The fourth-order valence-electron chi connectivity index (χ4n) is 2.25. The molecular formula is C17H15N5O. The number of oxime groups is 1. The first-order chi connectivity index (χ1) is 11.2. The van der Waals surface area contributed by atoms with Gasteiger partial charge in [-0.15, -0.1) is 0 Å². The highest BCUT2D eigenvalue weighted by molar-refractivity contribution is 5.97. The van der Waals surface area contributed by atoms with E-state index in [1.165, 1.54) is 0 Å². The summed E-state index contributed by atoms with van der Waals surface area (Å²) in [6.45, 7) is 0. The van der Waals surface area contributed by atoms with Crippen LogP contribution in [0.15, 0.2) is 53.9 Å². The average molecular weight is 305 g/mol. The summed E-state index contributed by atoms with van der Waals surface area (Å²) in [5.74, 6) is 0.501. The topological polar surface area (TPSA) is 110 Å². The molecule has 0 aliphatic rings. The van der Waals surface area contributed by atoms with Gasteiger partial charge in [0, 0.05) is 28.9 Å². The number of nitrogens with zero attached hydrogens (tertiary/aromatic N) is 3. The molecule has 0 aliphatic carbocycles. The van der Waals surface area contributed by atoms with Crippen molar-refractivity contribution in [2.75, 3.05) is 5.73 Å². The Labute approximate surface area is 132 Å². The number of nitrogen functional groups attached to an aromatic ring is 1. The minimum absolute atomic E-state index is 0.0836. The highest BCUT2D eigenvalue weighted by Crippen LogP contribution is 2.22. The molecule has 23 heavy (non-hydrogen) atoms. The molecule has 0 spiro atoms. The first-order valence-electron chi connectivity index (χ1n) is 6.94. The van der Waals surface area contributed by atoms with E-state index in [1.54, 1.807) is 24.5 Å². The van der Waals surface area contributed by atoms with Crippen molar-refractivity contribution in [2.45, 2.75) is 0 Å². The highest BCUT2D eigenvalue weighted by atomic mass is 16.4. The van der Waals surface area contributed by atoms with E-state index >= 15 is 0 Å². The Kier molecular flexibility index (Phi) is 3.88. The lowest BCUT2D eigenvalue weighted by atomic mass is 10.1. The van der Waals surface area contributed by atoms with Crippen LogP contribution in [-0.4, -0.2) is 21.0 Å². The molecule has 2 aromatic heterocycles. The van der Waals surface area contributed by atoms with Gasteiger partial charge in [-0.25, -0.2) is 4.98 Å². The number of pyridine rings is 2. The maximum absolute atomic E-state index is 8.66. The molecule has 0 aliphatic heterocycles. The first kappa shape index (κ1) is 14.5. The van der Waals surface area contributed by atoms with Gasteiger partial charge < -0.3 is 16.7 Å². The summed E-state index contributed by atoms with van der Waals surface area (Å²) in [6.07, 6.45) is 7.32. The molecule has 0 amide bonds. The van der Waals surface area contributed by atoms with Crippen molar-refractivity contribution < 1.29 is 5.21 Å². The number of fused-ring (bicyclic) bond motifs is 1. The van der Waals surface area contributed by atoms with Crippen molar-refractivity contribution >= 4 is 34.7 Å². The van der Waals surface area contributed by atoms with E-state index in [4.69, 9.17) is 16.7 Å². The number of aromatic nitrogens is 2. The van der Waals surface area contributed by atoms with Crippen LogP contribution in [0.25, 0.3) is 23.1 Å². The van der Waals surface area contributed by atoms with Gasteiger partial charge in [-0.3, -0.25) is 4.98 Å². The van der Waals surface area contributed by atoms with Crippen LogP contribution >= 0.6 is 0 Å². The summed E-state index contributed by atoms with van der Waals surface area (Å²) >= 11 is 0. The second-order valence-corrected chi connectivity index (χ2v) is 4.94. The molecule has 5 N–H and O–H groups in total. The second kappa shape index (κ2) is 6.15. The summed E-state index contributed by atoms with van der Waals surface area (Å²) < 4.78 is 0. The van der Waals surface area contributed by atoms with E-state index in [2.05, 4.69) is 15.1 Å². The number of nitrogens with two attached hydrogens (primary N) is 2. The lowest BCUT2D eigenvalue weighted by Gasteiger charge is -2.03. The summed E-state index contributed by atoms with van der Waals surface area (Å²) in [6, 6.07) is 11.2. The molecule has 0 unspecified atom stereocenters. The van der Waals surface area contributed by atoms with Crippen molar-refractivity contribution in [3.8, 4) is 0 Å². The average Bonchev–Trinajstić information content (AvgIpc) is 2.61. The summed E-state index contributed by atoms with van der Waals surface area (Å²) in [4.78, 5) is 8.44. The van der Waals surface area contributed by atoms with Crippen LogP contribution in [0, 0.1) is 0 Å². The van der Waals surface area contributed by atoms with Crippen LogP contribution in [0.5, 0.6) is 0 Å². The molecule has 0 radical (unpaired) electrons. The number of anilines is 1. The van der Waals surface area contributed by atoms with Gasteiger partial charge in [0.15, 0.2) is 5.84 Å². The molecule has 0 atom stereocenters. The Hall–Kier alpha value is -3.41. The minimum atomic E-state index is 0.0836. The third kappa shape index (κ3) is 2.96. The molecule has 6 nitrogen and oxygen atoms in total. The zero-order chi connectivity index (χ0) is 16.2. The summed E-state index contributed by atoms with van der Waals surface area (Å²) in [5, 5.41) is 12.6. The van der Waals surface area contributed by atoms with Gasteiger partial charge in [-0.1, -0.05) is 47.6 Å². The van der Waals surface area contributed by atoms with Crippen LogP contribution in [-0.2, 0) is 0 Å². The fourth-order valence-corrected chi connectivity index (χ4v) is 2.25. The molecule has 6 heteroatoms. The van der Waals surface area contributed by atoms with Crippen molar-refractivity contribution in [1.29, 1.82) is 0 Å². The van der Waals surface area contributed by atoms with Gasteiger partial charge in [0.25, 0.3) is 0 Å².